The molecule has 0 N–H and O–H groups in total. The second-order valence-corrected chi connectivity index (χ2v) is 6.55. The Kier molecular flexibility index (Phi) is 7.09. The summed E-state index contributed by atoms with van der Waals surface area (Å²) in [5.74, 6) is 0.291. The summed E-state index contributed by atoms with van der Waals surface area (Å²) < 4.78 is 0. The summed E-state index contributed by atoms with van der Waals surface area (Å²) in [7, 11) is 0. The first-order valence-corrected chi connectivity index (χ1v) is 8.81. The van der Waals surface area contributed by atoms with Gasteiger partial charge in [-0.15, -0.1) is 12.4 Å². The molecule has 0 saturated carbocycles. The van der Waals surface area contributed by atoms with Crippen LogP contribution >= 0.6 is 23.7 Å². The molecule has 124 valence electrons. The van der Waals surface area contributed by atoms with Crippen LogP contribution < -0.4 is 0 Å². The lowest BCUT2D eigenvalue weighted by molar-refractivity contribution is -0.133. The number of thiophene rings is 1. The molecule has 2 aromatic rings. The molecule has 1 aliphatic rings. The number of hydrogen-bond donors (Lipinski definition) is 0. The number of rotatable bonds is 5. The van der Waals surface area contributed by atoms with Crippen LogP contribution in [-0.2, 0) is 17.8 Å². The second-order valence-electron chi connectivity index (χ2n) is 5.77. The van der Waals surface area contributed by atoms with Gasteiger partial charge >= 0.3 is 0 Å². The van der Waals surface area contributed by atoms with E-state index >= 15 is 0 Å². The molecule has 1 aromatic carbocycles. The summed E-state index contributed by atoms with van der Waals surface area (Å²) in [5.41, 5.74) is 2.63. The third-order valence-electron chi connectivity index (χ3n) is 4.18. The molecule has 1 amide bonds. The summed E-state index contributed by atoms with van der Waals surface area (Å²) in [6, 6.07) is 12.4. The fraction of sp³-hybridized carbons (Fsp3) is 0.389. The molecule has 0 atom stereocenters. The van der Waals surface area contributed by atoms with Gasteiger partial charge in [0.15, 0.2) is 0 Å². The molecule has 3 nitrogen and oxygen atoms in total. The Morgan fingerprint density at radius 3 is 2.39 bits per heavy atom. The number of amides is 1. The van der Waals surface area contributed by atoms with Gasteiger partial charge in [0.25, 0.3) is 0 Å². The molecule has 1 fully saturated rings. The molecule has 5 heteroatoms. The van der Waals surface area contributed by atoms with Crippen LogP contribution in [0.15, 0.2) is 47.2 Å². The van der Waals surface area contributed by atoms with E-state index in [0.29, 0.717) is 12.3 Å². The highest BCUT2D eigenvalue weighted by Crippen LogP contribution is 2.12. The van der Waals surface area contributed by atoms with Crippen molar-refractivity contribution in [1.82, 2.24) is 9.80 Å². The van der Waals surface area contributed by atoms with Crippen LogP contribution in [0.5, 0.6) is 0 Å². The zero-order valence-electron chi connectivity index (χ0n) is 13.2. The maximum Gasteiger partial charge on any atom is 0.222 e. The van der Waals surface area contributed by atoms with Gasteiger partial charge in [-0.05, 0) is 34.4 Å². The van der Waals surface area contributed by atoms with Crippen LogP contribution in [0.4, 0.5) is 0 Å². The largest absolute Gasteiger partial charge is 0.340 e. The number of carbonyl (C=O) groups excluding carboxylic acids is 1. The third kappa shape index (κ3) is 5.34. The summed E-state index contributed by atoms with van der Waals surface area (Å²) in [6.07, 6.45) is 1.46. The standard InChI is InChI=1S/C18H22N2OS.ClH/c21-18(7-6-16-4-2-1-3-5-16)20-11-9-19(10-12-20)14-17-8-13-22-15-17;/h1-5,8,13,15H,6-7,9-12,14H2;1H. The molecule has 0 spiro atoms. The molecule has 0 radical (unpaired) electrons. The van der Waals surface area contributed by atoms with Crippen LogP contribution in [0.2, 0.25) is 0 Å². The van der Waals surface area contributed by atoms with Gasteiger partial charge in [0.05, 0.1) is 0 Å². The van der Waals surface area contributed by atoms with Crippen LogP contribution in [0, 0.1) is 0 Å². The van der Waals surface area contributed by atoms with Gasteiger partial charge in [0.2, 0.25) is 5.91 Å². The maximum atomic E-state index is 12.3. The molecule has 0 unspecified atom stereocenters. The Hall–Kier alpha value is -1.36. The summed E-state index contributed by atoms with van der Waals surface area (Å²) in [5, 5.41) is 4.33. The molecule has 23 heavy (non-hydrogen) atoms. The van der Waals surface area contributed by atoms with Gasteiger partial charge in [0.1, 0.15) is 0 Å². The Bertz CT molecular complexity index is 580. The molecule has 3 rings (SSSR count). The molecule has 0 aliphatic carbocycles. The minimum Gasteiger partial charge on any atom is -0.340 e. The van der Waals surface area contributed by atoms with E-state index < -0.39 is 0 Å². The van der Waals surface area contributed by atoms with E-state index in [1.807, 2.05) is 23.1 Å². The van der Waals surface area contributed by atoms with Gasteiger partial charge in [-0.3, -0.25) is 9.69 Å². The lowest BCUT2D eigenvalue weighted by Gasteiger charge is -2.34. The van der Waals surface area contributed by atoms with Gasteiger partial charge in [0, 0.05) is 39.1 Å². The fourth-order valence-electron chi connectivity index (χ4n) is 2.85. The van der Waals surface area contributed by atoms with Crippen molar-refractivity contribution in [3.63, 3.8) is 0 Å². The van der Waals surface area contributed by atoms with Gasteiger partial charge in [-0.1, -0.05) is 30.3 Å². The molecule has 1 saturated heterocycles. The number of aryl methyl sites for hydroxylation is 1. The summed E-state index contributed by atoms with van der Waals surface area (Å²) >= 11 is 1.75. The predicted molar refractivity (Wildman–Crippen MR) is 98.2 cm³/mol. The average molecular weight is 351 g/mol. The second kappa shape index (κ2) is 9.06. The molecular formula is C18H23ClN2OS. The van der Waals surface area contributed by atoms with E-state index in [0.717, 1.165) is 39.1 Å². The van der Waals surface area contributed by atoms with Gasteiger partial charge in [-0.2, -0.15) is 11.3 Å². The van der Waals surface area contributed by atoms with Crippen LogP contribution in [-0.4, -0.2) is 41.9 Å². The number of carbonyl (C=O) groups is 1. The first kappa shape index (κ1) is 18.0. The molecule has 1 aromatic heterocycles. The van der Waals surface area contributed by atoms with Crippen molar-refractivity contribution < 1.29 is 4.79 Å². The highest BCUT2D eigenvalue weighted by molar-refractivity contribution is 7.07. The van der Waals surface area contributed by atoms with Crippen LogP contribution in [0.1, 0.15) is 17.5 Å². The lowest BCUT2D eigenvalue weighted by atomic mass is 10.1. The van der Waals surface area contributed by atoms with Crippen molar-refractivity contribution in [2.75, 3.05) is 26.2 Å². The van der Waals surface area contributed by atoms with E-state index in [4.69, 9.17) is 0 Å². The number of halogens is 1. The Balaban J connectivity index is 0.00000192. The minimum atomic E-state index is 0. The van der Waals surface area contributed by atoms with E-state index in [1.54, 1.807) is 11.3 Å². The Morgan fingerprint density at radius 1 is 1.00 bits per heavy atom. The van der Waals surface area contributed by atoms with Gasteiger partial charge < -0.3 is 4.90 Å². The van der Waals surface area contributed by atoms with Crippen molar-refractivity contribution in [1.29, 1.82) is 0 Å². The number of benzene rings is 1. The van der Waals surface area contributed by atoms with Crippen molar-refractivity contribution in [2.24, 2.45) is 0 Å². The third-order valence-corrected chi connectivity index (χ3v) is 4.91. The highest BCUT2D eigenvalue weighted by Gasteiger charge is 2.20. The zero-order valence-corrected chi connectivity index (χ0v) is 14.8. The number of nitrogens with zero attached hydrogens (tertiary/aromatic N) is 2. The van der Waals surface area contributed by atoms with Crippen molar-refractivity contribution >= 4 is 29.7 Å². The van der Waals surface area contributed by atoms with Gasteiger partial charge in [-0.25, -0.2) is 0 Å². The monoisotopic (exact) mass is 350 g/mol. The molecular weight excluding hydrogens is 328 g/mol. The summed E-state index contributed by atoms with van der Waals surface area (Å²) in [4.78, 5) is 16.8. The van der Waals surface area contributed by atoms with E-state index in [2.05, 4.69) is 33.9 Å². The fourth-order valence-corrected chi connectivity index (χ4v) is 3.51. The number of piperazine rings is 1. The molecule has 0 bridgehead atoms. The normalized spacial score (nSPS) is 15.2. The Morgan fingerprint density at radius 2 is 1.74 bits per heavy atom. The predicted octanol–water partition coefficient (Wildman–Crippen LogP) is 3.45. The first-order valence-electron chi connectivity index (χ1n) is 7.86. The SMILES string of the molecule is Cl.O=C(CCc1ccccc1)N1CCN(Cc2ccsc2)CC1. The first-order chi connectivity index (χ1) is 10.8. The number of hydrogen-bond acceptors (Lipinski definition) is 3. The zero-order chi connectivity index (χ0) is 15.2. The highest BCUT2D eigenvalue weighted by atomic mass is 35.5. The van der Waals surface area contributed by atoms with Crippen molar-refractivity contribution in [3.05, 3.63) is 58.3 Å². The summed E-state index contributed by atoms with van der Waals surface area (Å²) in [6.45, 7) is 4.69. The minimum absolute atomic E-state index is 0. The Labute approximate surface area is 148 Å². The van der Waals surface area contributed by atoms with E-state index in [-0.39, 0.29) is 12.4 Å². The van der Waals surface area contributed by atoms with Crippen molar-refractivity contribution in [2.45, 2.75) is 19.4 Å². The lowest BCUT2D eigenvalue weighted by Crippen LogP contribution is -2.48. The molecule has 2 heterocycles. The van der Waals surface area contributed by atoms with Crippen LogP contribution in [0.25, 0.3) is 0 Å². The van der Waals surface area contributed by atoms with Crippen LogP contribution in [0.3, 0.4) is 0 Å². The smallest absolute Gasteiger partial charge is 0.222 e. The quantitative estimate of drug-likeness (QED) is 0.824. The topological polar surface area (TPSA) is 23.6 Å². The molecule has 1 aliphatic heterocycles. The van der Waals surface area contributed by atoms with E-state index in [9.17, 15) is 4.79 Å². The van der Waals surface area contributed by atoms with E-state index in [1.165, 1.54) is 11.1 Å². The average Bonchev–Trinajstić information content (AvgIpc) is 3.07. The maximum absolute atomic E-state index is 12.3. The van der Waals surface area contributed by atoms with Crippen molar-refractivity contribution in [3.8, 4) is 0 Å².